The number of fused-ring (bicyclic) bond motifs is 1. The van der Waals surface area contributed by atoms with Crippen molar-refractivity contribution in [1.82, 2.24) is 9.88 Å². The number of nitrogens with two attached hydrogens (primary N) is 1. The lowest BCUT2D eigenvalue weighted by molar-refractivity contribution is -0.133. The first-order valence-electron chi connectivity index (χ1n) is 6.18. The molecule has 1 aliphatic heterocycles. The maximum absolute atomic E-state index is 11.8. The van der Waals surface area contributed by atoms with E-state index in [9.17, 15) is 9.59 Å². The third-order valence-corrected chi connectivity index (χ3v) is 4.66. The molecule has 7 heteroatoms. The van der Waals surface area contributed by atoms with Gasteiger partial charge in [-0.15, -0.1) is 11.3 Å². The third kappa shape index (κ3) is 2.36. The van der Waals surface area contributed by atoms with Crippen molar-refractivity contribution in [3.63, 3.8) is 0 Å². The fourth-order valence-corrected chi connectivity index (χ4v) is 3.81. The number of hydrogen-bond acceptors (Lipinski definition) is 4. The zero-order valence-corrected chi connectivity index (χ0v) is 12.1. The summed E-state index contributed by atoms with van der Waals surface area (Å²) in [5, 5.41) is 1.48. The van der Waals surface area contributed by atoms with E-state index in [1.54, 1.807) is 6.07 Å². The predicted octanol–water partition coefficient (Wildman–Crippen LogP) is 2.10. The van der Waals surface area contributed by atoms with E-state index in [4.69, 9.17) is 17.3 Å². The minimum absolute atomic E-state index is 0.0499. The number of halogens is 1. The van der Waals surface area contributed by atoms with E-state index >= 15 is 0 Å². The molecule has 1 aliphatic rings. The second kappa shape index (κ2) is 5.03. The van der Waals surface area contributed by atoms with E-state index in [1.807, 2.05) is 12.1 Å². The van der Waals surface area contributed by atoms with Crippen LogP contribution in [0.3, 0.4) is 0 Å². The van der Waals surface area contributed by atoms with Crippen LogP contribution in [0.2, 0.25) is 5.02 Å². The summed E-state index contributed by atoms with van der Waals surface area (Å²) in [4.78, 5) is 29.0. The third-order valence-electron chi connectivity index (χ3n) is 3.31. The van der Waals surface area contributed by atoms with Gasteiger partial charge < -0.3 is 10.6 Å². The van der Waals surface area contributed by atoms with Gasteiger partial charge in [0.05, 0.1) is 16.3 Å². The molecule has 0 aliphatic carbocycles. The van der Waals surface area contributed by atoms with Gasteiger partial charge in [0, 0.05) is 11.4 Å². The zero-order valence-electron chi connectivity index (χ0n) is 10.5. The molecule has 2 heterocycles. The van der Waals surface area contributed by atoms with Gasteiger partial charge in [0.25, 0.3) is 0 Å². The van der Waals surface area contributed by atoms with Gasteiger partial charge in [-0.05, 0) is 24.6 Å². The van der Waals surface area contributed by atoms with Crippen LogP contribution in [-0.4, -0.2) is 28.2 Å². The Kier molecular flexibility index (Phi) is 3.35. The van der Waals surface area contributed by atoms with E-state index in [0.717, 1.165) is 15.2 Å². The molecule has 2 aromatic rings. The van der Waals surface area contributed by atoms with Crippen molar-refractivity contribution in [3.8, 4) is 0 Å². The fourth-order valence-electron chi connectivity index (χ4n) is 2.42. The summed E-state index contributed by atoms with van der Waals surface area (Å²) in [7, 11) is 0. The molecule has 1 fully saturated rings. The number of benzene rings is 1. The number of thiazole rings is 1. The number of hydrogen-bond donors (Lipinski definition) is 1. The lowest BCUT2D eigenvalue weighted by Crippen LogP contribution is -2.36. The van der Waals surface area contributed by atoms with Crippen molar-refractivity contribution in [1.29, 1.82) is 0 Å². The first-order chi connectivity index (χ1) is 9.54. The molecule has 104 valence electrons. The molecule has 20 heavy (non-hydrogen) atoms. The van der Waals surface area contributed by atoms with E-state index in [0.29, 0.717) is 17.9 Å². The van der Waals surface area contributed by atoms with Gasteiger partial charge in [-0.2, -0.15) is 0 Å². The lowest BCUT2D eigenvalue weighted by atomic mass is 10.2. The largest absolute Gasteiger partial charge is 0.368 e. The monoisotopic (exact) mass is 309 g/mol. The summed E-state index contributed by atoms with van der Waals surface area (Å²) in [5.74, 6) is -0.555. The molecule has 1 aromatic carbocycles. The normalized spacial score (nSPS) is 18.9. The molecule has 1 atom stereocenters. The van der Waals surface area contributed by atoms with Gasteiger partial charge in [0.2, 0.25) is 11.8 Å². The molecule has 3 rings (SSSR count). The summed E-state index contributed by atoms with van der Waals surface area (Å²) in [5.41, 5.74) is 6.06. The van der Waals surface area contributed by atoms with Gasteiger partial charge in [0.1, 0.15) is 11.6 Å². The Balaban J connectivity index is 1.96. The smallest absolute Gasteiger partial charge is 0.237 e. The van der Waals surface area contributed by atoms with Crippen LogP contribution in [0.5, 0.6) is 0 Å². The van der Waals surface area contributed by atoms with Crippen LogP contribution in [0, 0.1) is 0 Å². The number of aromatic nitrogens is 1. The van der Waals surface area contributed by atoms with Crippen LogP contribution < -0.4 is 5.73 Å². The van der Waals surface area contributed by atoms with Crippen LogP contribution in [0.15, 0.2) is 18.2 Å². The van der Waals surface area contributed by atoms with Gasteiger partial charge in [-0.25, -0.2) is 4.98 Å². The number of nitrogens with zero attached hydrogens (tertiary/aromatic N) is 2. The molecule has 1 unspecified atom stereocenters. The number of likely N-dealkylation sites (tertiary alicyclic amines) is 1. The minimum Gasteiger partial charge on any atom is -0.368 e. The van der Waals surface area contributed by atoms with Crippen LogP contribution in [0.4, 0.5) is 0 Å². The van der Waals surface area contributed by atoms with Crippen molar-refractivity contribution >= 4 is 45.0 Å². The van der Waals surface area contributed by atoms with Crippen molar-refractivity contribution < 1.29 is 9.59 Å². The first-order valence-corrected chi connectivity index (χ1v) is 7.38. The van der Waals surface area contributed by atoms with Crippen LogP contribution in [0.25, 0.3) is 10.2 Å². The summed E-state index contributed by atoms with van der Waals surface area (Å²) in [6.45, 7) is -0.0554. The number of primary amides is 1. The number of amides is 2. The summed E-state index contributed by atoms with van der Waals surface area (Å²) in [6.07, 6.45) is 1.09. The SMILES string of the molecule is NC(=O)CN1C(=O)CCC1c1nc2ccc(Cl)cc2s1. The fraction of sp³-hybridized carbons (Fsp3) is 0.308. The molecule has 2 N–H and O–H groups in total. The van der Waals surface area contributed by atoms with E-state index in [2.05, 4.69) is 4.98 Å². The molecule has 1 saturated heterocycles. The molecule has 0 saturated carbocycles. The standard InChI is InChI=1S/C13H12ClN3O2S/c14-7-1-2-8-10(5-7)20-13(16-8)9-3-4-12(19)17(9)6-11(15)18/h1-2,5,9H,3-4,6H2,(H2,15,18). The number of rotatable bonds is 3. The summed E-state index contributed by atoms with van der Waals surface area (Å²) < 4.78 is 0.978. The summed E-state index contributed by atoms with van der Waals surface area (Å²) in [6, 6.07) is 5.33. The average Bonchev–Trinajstić information content (AvgIpc) is 2.93. The topological polar surface area (TPSA) is 76.3 Å². The van der Waals surface area contributed by atoms with Crippen LogP contribution in [-0.2, 0) is 9.59 Å². The highest BCUT2D eigenvalue weighted by atomic mass is 35.5. The first kappa shape index (κ1) is 13.3. The second-order valence-electron chi connectivity index (χ2n) is 4.71. The maximum Gasteiger partial charge on any atom is 0.237 e. The number of carbonyl (C=O) groups is 2. The van der Waals surface area contributed by atoms with Crippen molar-refractivity contribution in [2.75, 3.05) is 6.54 Å². The Morgan fingerprint density at radius 1 is 1.55 bits per heavy atom. The lowest BCUT2D eigenvalue weighted by Gasteiger charge is -2.21. The Hall–Kier alpha value is -1.66. The van der Waals surface area contributed by atoms with Crippen molar-refractivity contribution in [2.45, 2.75) is 18.9 Å². The predicted molar refractivity (Wildman–Crippen MR) is 77.5 cm³/mol. The Bertz CT molecular complexity index is 700. The van der Waals surface area contributed by atoms with Crippen molar-refractivity contribution in [2.24, 2.45) is 5.73 Å². The maximum atomic E-state index is 11.8. The quantitative estimate of drug-likeness (QED) is 0.943. The molecule has 1 aromatic heterocycles. The molecule has 0 spiro atoms. The van der Waals surface area contributed by atoms with E-state index in [-0.39, 0.29) is 18.5 Å². The average molecular weight is 310 g/mol. The molecule has 2 amide bonds. The highest BCUT2D eigenvalue weighted by Crippen LogP contribution is 2.37. The number of carbonyl (C=O) groups excluding carboxylic acids is 2. The Morgan fingerprint density at radius 2 is 2.35 bits per heavy atom. The highest BCUT2D eigenvalue weighted by Gasteiger charge is 2.34. The second-order valence-corrected chi connectivity index (χ2v) is 6.21. The van der Waals surface area contributed by atoms with Crippen LogP contribution in [0.1, 0.15) is 23.9 Å². The molecule has 0 radical (unpaired) electrons. The van der Waals surface area contributed by atoms with Gasteiger partial charge >= 0.3 is 0 Å². The molecule has 0 bridgehead atoms. The van der Waals surface area contributed by atoms with Gasteiger partial charge in [-0.3, -0.25) is 9.59 Å². The van der Waals surface area contributed by atoms with E-state index in [1.165, 1.54) is 16.2 Å². The summed E-state index contributed by atoms with van der Waals surface area (Å²) >= 11 is 7.46. The molecular weight excluding hydrogens is 298 g/mol. The molecule has 5 nitrogen and oxygen atoms in total. The Morgan fingerprint density at radius 3 is 3.10 bits per heavy atom. The van der Waals surface area contributed by atoms with E-state index < -0.39 is 5.91 Å². The van der Waals surface area contributed by atoms with Crippen LogP contribution >= 0.6 is 22.9 Å². The Labute approximate surface area is 124 Å². The highest BCUT2D eigenvalue weighted by molar-refractivity contribution is 7.18. The van der Waals surface area contributed by atoms with Gasteiger partial charge in [-0.1, -0.05) is 11.6 Å². The zero-order chi connectivity index (χ0) is 14.3. The molecular formula is C13H12ClN3O2S. The minimum atomic E-state index is -0.505. The van der Waals surface area contributed by atoms with Gasteiger partial charge in [0.15, 0.2) is 0 Å². The van der Waals surface area contributed by atoms with Crippen molar-refractivity contribution in [3.05, 3.63) is 28.2 Å².